The van der Waals surface area contributed by atoms with Gasteiger partial charge in [0.2, 0.25) is 0 Å². The van der Waals surface area contributed by atoms with Gasteiger partial charge in [-0.25, -0.2) is 4.98 Å². The molecule has 0 fully saturated rings. The van der Waals surface area contributed by atoms with Crippen LogP contribution in [0.15, 0.2) is 41.9 Å². The van der Waals surface area contributed by atoms with Gasteiger partial charge in [-0.05, 0) is 32.4 Å². The first-order valence-electron chi connectivity index (χ1n) is 8.89. The highest BCUT2D eigenvalue weighted by atomic mass is 32.2. The topological polar surface area (TPSA) is 54.2 Å². The summed E-state index contributed by atoms with van der Waals surface area (Å²) >= 11 is 1.87. The third kappa shape index (κ3) is 6.12. The van der Waals surface area contributed by atoms with E-state index in [2.05, 4.69) is 63.8 Å². The number of para-hydroxylation sites is 2. The summed E-state index contributed by atoms with van der Waals surface area (Å²) in [6.45, 7) is 11.4. The largest absolute Gasteiger partial charge is 0.357 e. The number of nitrogens with zero attached hydrogens (tertiary/aromatic N) is 3. The van der Waals surface area contributed by atoms with Crippen molar-refractivity contribution in [2.75, 3.05) is 31.1 Å². The Kier molecular flexibility index (Phi) is 8.39. The summed E-state index contributed by atoms with van der Waals surface area (Å²) in [5.41, 5.74) is 2.27. The summed E-state index contributed by atoms with van der Waals surface area (Å²) in [6, 6.07) is 8.29. The molecule has 25 heavy (non-hydrogen) atoms. The van der Waals surface area contributed by atoms with Crippen molar-refractivity contribution < 1.29 is 0 Å². The molecule has 0 aliphatic carbocycles. The van der Waals surface area contributed by atoms with E-state index in [0.29, 0.717) is 0 Å². The van der Waals surface area contributed by atoms with Crippen molar-refractivity contribution in [3.63, 3.8) is 0 Å². The standard InChI is InChI=1S/C19H29N5S/c1-4-14-25-15-12-22-19(20-5-2)21-11-8-13-24-16(3)23-17-9-6-7-10-18(17)24/h4,6-7,9-10H,1,5,8,11-15H2,2-3H3,(H2,20,21,22). The van der Waals surface area contributed by atoms with Crippen LogP contribution < -0.4 is 10.6 Å². The summed E-state index contributed by atoms with van der Waals surface area (Å²) in [5.74, 6) is 4.01. The molecule has 136 valence electrons. The van der Waals surface area contributed by atoms with Gasteiger partial charge in [-0.3, -0.25) is 4.99 Å². The molecule has 6 heteroatoms. The van der Waals surface area contributed by atoms with E-state index < -0.39 is 0 Å². The van der Waals surface area contributed by atoms with Crippen molar-refractivity contribution >= 4 is 28.8 Å². The number of imidazole rings is 1. The van der Waals surface area contributed by atoms with Crippen molar-refractivity contribution in [3.05, 3.63) is 42.7 Å². The van der Waals surface area contributed by atoms with Gasteiger partial charge in [0.1, 0.15) is 5.82 Å². The number of aliphatic imine (C=N–C) groups is 1. The molecule has 0 unspecified atom stereocenters. The molecule has 0 aliphatic heterocycles. The first-order valence-corrected chi connectivity index (χ1v) is 10.0. The third-order valence-corrected chi connectivity index (χ3v) is 4.74. The zero-order valence-corrected chi connectivity index (χ0v) is 16.1. The number of benzene rings is 1. The Labute approximate surface area is 155 Å². The van der Waals surface area contributed by atoms with Crippen molar-refractivity contribution in [2.45, 2.75) is 26.8 Å². The molecule has 5 nitrogen and oxygen atoms in total. The summed E-state index contributed by atoms with van der Waals surface area (Å²) < 4.78 is 2.27. The molecule has 1 aromatic heterocycles. The van der Waals surface area contributed by atoms with E-state index in [9.17, 15) is 0 Å². The molecule has 0 spiro atoms. The second kappa shape index (κ2) is 10.8. The van der Waals surface area contributed by atoms with Crippen molar-refractivity contribution in [3.8, 4) is 0 Å². The molecule has 0 bridgehead atoms. The second-order valence-corrected chi connectivity index (χ2v) is 6.85. The van der Waals surface area contributed by atoms with Crippen molar-refractivity contribution in [1.82, 2.24) is 20.2 Å². The van der Waals surface area contributed by atoms with Gasteiger partial charge in [-0.1, -0.05) is 18.2 Å². The molecule has 0 amide bonds. The lowest BCUT2D eigenvalue weighted by atomic mass is 10.3. The summed E-state index contributed by atoms with van der Waals surface area (Å²) in [7, 11) is 0. The third-order valence-electron chi connectivity index (χ3n) is 3.77. The number of guanidine groups is 1. The van der Waals surface area contributed by atoms with Crippen LogP contribution in [-0.2, 0) is 6.54 Å². The molecule has 0 radical (unpaired) electrons. The van der Waals surface area contributed by atoms with E-state index >= 15 is 0 Å². The molecule has 2 N–H and O–H groups in total. The quantitative estimate of drug-likeness (QED) is 0.296. The molecule has 0 saturated carbocycles. The number of fused-ring (bicyclic) bond motifs is 1. The number of hydrogen-bond acceptors (Lipinski definition) is 3. The van der Waals surface area contributed by atoms with Gasteiger partial charge in [0.05, 0.1) is 11.0 Å². The van der Waals surface area contributed by atoms with E-state index in [4.69, 9.17) is 0 Å². The highest BCUT2D eigenvalue weighted by Gasteiger charge is 2.05. The van der Waals surface area contributed by atoms with Gasteiger partial charge in [0, 0.05) is 37.7 Å². The Morgan fingerprint density at radius 3 is 3.00 bits per heavy atom. The first-order chi connectivity index (χ1) is 12.3. The molecule has 1 heterocycles. The van der Waals surface area contributed by atoms with Crippen molar-refractivity contribution in [1.29, 1.82) is 0 Å². The van der Waals surface area contributed by atoms with E-state index in [1.807, 2.05) is 23.9 Å². The zero-order chi connectivity index (χ0) is 17.9. The highest BCUT2D eigenvalue weighted by Crippen LogP contribution is 2.15. The predicted octanol–water partition coefficient (Wildman–Crippen LogP) is 3.21. The molecule has 0 saturated heterocycles. The number of nitrogens with one attached hydrogen (secondary N) is 2. The maximum atomic E-state index is 4.67. The average Bonchev–Trinajstić information content (AvgIpc) is 2.93. The van der Waals surface area contributed by atoms with E-state index in [-0.39, 0.29) is 0 Å². The number of rotatable bonds is 10. The van der Waals surface area contributed by atoms with Gasteiger partial charge in [0.15, 0.2) is 5.96 Å². The number of thioether (sulfide) groups is 1. The summed E-state index contributed by atoms with van der Waals surface area (Å²) in [5, 5.41) is 6.68. The summed E-state index contributed by atoms with van der Waals surface area (Å²) in [6.07, 6.45) is 2.93. The highest BCUT2D eigenvalue weighted by molar-refractivity contribution is 7.99. The summed E-state index contributed by atoms with van der Waals surface area (Å²) in [4.78, 5) is 9.29. The predicted molar refractivity (Wildman–Crippen MR) is 111 cm³/mol. The van der Waals surface area contributed by atoms with Crippen LogP contribution in [0.3, 0.4) is 0 Å². The number of hydrogen-bond donors (Lipinski definition) is 2. The number of aromatic nitrogens is 2. The Morgan fingerprint density at radius 1 is 1.36 bits per heavy atom. The molecular weight excluding hydrogens is 330 g/mol. The Bertz CT molecular complexity index is 692. The van der Waals surface area contributed by atoms with Gasteiger partial charge in [-0.15, -0.1) is 6.58 Å². The van der Waals surface area contributed by atoms with E-state index in [1.54, 1.807) is 0 Å². The normalized spacial score (nSPS) is 11.7. The molecule has 2 aromatic rings. The molecule has 2 rings (SSSR count). The van der Waals surface area contributed by atoms with Crippen LogP contribution in [0.5, 0.6) is 0 Å². The van der Waals surface area contributed by atoms with E-state index in [0.717, 1.165) is 61.4 Å². The van der Waals surface area contributed by atoms with Crippen LogP contribution in [0.2, 0.25) is 0 Å². The molecular formula is C19H29N5S. The minimum atomic E-state index is 0.793. The van der Waals surface area contributed by atoms with Gasteiger partial charge in [-0.2, -0.15) is 11.8 Å². The van der Waals surface area contributed by atoms with Gasteiger partial charge >= 0.3 is 0 Å². The smallest absolute Gasteiger partial charge is 0.191 e. The van der Waals surface area contributed by atoms with Crippen LogP contribution in [0.1, 0.15) is 19.2 Å². The lowest BCUT2D eigenvalue weighted by molar-refractivity contribution is 0.646. The van der Waals surface area contributed by atoms with Crippen LogP contribution in [0, 0.1) is 6.92 Å². The number of aryl methyl sites for hydroxylation is 2. The zero-order valence-electron chi connectivity index (χ0n) is 15.3. The van der Waals surface area contributed by atoms with Gasteiger partial charge < -0.3 is 15.2 Å². The Balaban J connectivity index is 1.82. The fourth-order valence-corrected chi connectivity index (χ4v) is 3.23. The minimum absolute atomic E-state index is 0.793. The van der Waals surface area contributed by atoms with Crippen LogP contribution in [-0.4, -0.2) is 46.7 Å². The van der Waals surface area contributed by atoms with Crippen molar-refractivity contribution in [2.24, 2.45) is 4.99 Å². The molecule has 1 aromatic carbocycles. The minimum Gasteiger partial charge on any atom is -0.357 e. The Morgan fingerprint density at radius 2 is 2.20 bits per heavy atom. The average molecular weight is 360 g/mol. The monoisotopic (exact) mass is 359 g/mol. The first kappa shape index (κ1) is 19.4. The Hall–Kier alpha value is -1.95. The maximum absolute atomic E-state index is 4.67. The lowest BCUT2D eigenvalue weighted by Gasteiger charge is -2.11. The van der Waals surface area contributed by atoms with Crippen LogP contribution >= 0.6 is 11.8 Å². The van der Waals surface area contributed by atoms with E-state index in [1.165, 1.54) is 5.52 Å². The maximum Gasteiger partial charge on any atom is 0.191 e. The fourth-order valence-electron chi connectivity index (χ4n) is 2.65. The molecule has 0 atom stereocenters. The lowest BCUT2D eigenvalue weighted by Crippen LogP contribution is -2.38. The van der Waals surface area contributed by atoms with Crippen LogP contribution in [0.25, 0.3) is 11.0 Å². The fraction of sp³-hybridized carbons (Fsp3) is 0.474. The second-order valence-electron chi connectivity index (χ2n) is 5.70. The van der Waals surface area contributed by atoms with Crippen LogP contribution in [0.4, 0.5) is 0 Å². The SMILES string of the molecule is C=CCSCCNC(=NCCCn1c(C)nc2ccccc21)NCC. The molecule has 0 aliphatic rings. The van der Waals surface area contributed by atoms with Gasteiger partial charge in [0.25, 0.3) is 0 Å².